The van der Waals surface area contributed by atoms with Gasteiger partial charge in [0, 0.05) is 43.2 Å². The molecule has 1 N–H and O–H groups in total. The first-order valence-corrected chi connectivity index (χ1v) is 10.7. The first-order valence-electron chi connectivity index (χ1n) is 9.90. The number of para-hydroxylation sites is 1. The van der Waals surface area contributed by atoms with Crippen molar-refractivity contribution >= 4 is 46.3 Å². The maximum atomic E-state index is 10.6. The molecule has 2 aromatic carbocycles. The van der Waals surface area contributed by atoms with Gasteiger partial charge in [-0.1, -0.05) is 29.5 Å². The SMILES string of the molecule is Cn1c(O)c(C=C2C=Nc3ccccc32)sc1=Nc1ccc(N2CCOCC2)cc1. The van der Waals surface area contributed by atoms with E-state index in [0.29, 0.717) is 0 Å². The van der Waals surface area contributed by atoms with Gasteiger partial charge >= 0.3 is 0 Å². The Labute approximate surface area is 178 Å². The summed E-state index contributed by atoms with van der Waals surface area (Å²) in [5.41, 5.74) is 5.06. The van der Waals surface area contributed by atoms with Gasteiger partial charge in [-0.2, -0.15) is 0 Å². The number of aromatic hydroxyl groups is 1. The molecule has 0 spiro atoms. The number of morpholine rings is 1. The second-order valence-corrected chi connectivity index (χ2v) is 8.24. The van der Waals surface area contributed by atoms with E-state index in [1.165, 1.54) is 17.0 Å². The van der Waals surface area contributed by atoms with Gasteiger partial charge in [-0.25, -0.2) is 4.99 Å². The van der Waals surface area contributed by atoms with Crippen LogP contribution in [0.2, 0.25) is 0 Å². The third-order valence-corrected chi connectivity index (χ3v) is 6.39. The van der Waals surface area contributed by atoms with Crippen LogP contribution in [-0.4, -0.2) is 42.2 Å². The summed E-state index contributed by atoms with van der Waals surface area (Å²) in [6.07, 6.45) is 3.81. The molecule has 7 heteroatoms. The van der Waals surface area contributed by atoms with Crippen molar-refractivity contribution in [3.63, 3.8) is 0 Å². The number of thiazole rings is 1. The first-order chi connectivity index (χ1) is 14.7. The fraction of sp³-hybridized carbons (Fsp3) is 0.217. The number of benzene rings is 2. The zero-order valence-electron chi connectivity index (χ0n) is 16.7. The van der Waals surface area contributed by atoms with Crippen LogP contribution >= 0.6 is 11.3 Å². The predicted octanol–water partition coefficient (Wildman–Crippen LogP) is 4.12. The molecule has 1 aromatic heterocycles. The third kappa shape index (κ3) is 3.58. The molecule has 0 aliphatic carbocycles. The number of aromatic nitrogens is 1. The molecule has 0 saturated carbocycles. The van der Waals surface area contributed by atoms with Gasteiger partial charge in [0.25, 0.3) is 0 Å². The Kier molecular flexibility index (Phi) is 4.98. The minimum absolute atomic E-state index is 0.203. The van der Waals surface area contributed by atoms with Crippen molar-refractivity contribution in [1.82, 2.24) is 4.57 Å². The van der Waals surface area contributed by atoms with E-state index in [9.17, 15) is 5.11 Å². The normalized spacial score (nSPS) is 17.7. The molecule has 30 heavy (non-hydrogen) atoms. The van der Waals surface area contributed by atoms with Gasteiger partial charge in [0.1, 0.15) is 0 Å². The molecule has 0 bridgehead atoms. The molecule has 2 aliphatic rings. The van der Waals surface area contributed by atoms with Gasteiger partial charge < -0.3 is 14.7 Å². The maximum absolute atomic E-state index is 10.6. The summed E-state index contributed by atoms with van der Waals surface area (Å²) in [6, 6.07) is 16.2. The minimum Gasteiger partial charge on any atom is -0.493 e. The molecule has 0 radical (unpaired) electrons. The fourth-order valence-corrected chi connectivity index (χ4v) is 4.61. The highest BCUT2D eigenvalue weighted by atomic mass is 32.1. The Morgan fingerprint density at radius 2 is 1.87 bits per heavy atom. The Hall–Kier alpha value is -3.16. The van der Waals surface area contributed by atoms with E-state index < -0.39 is 0 Å². The lowest BCUT2D eigenvalue weighted by Gasteiger charge is -2.28. The molecular weight excluding hydrogens is 396 g/mol. The third-order valence-electron chi connectivity index (χ3n) is 5.32. The molecule has 152 valence electrons. The minimum atomic E-state index is 0.203. The number of hydrogen-bond donors (Lipinski definition) is 1. The molecule has 0 atom stereocenters. The van der Waals surface area contributed by atoms with E-state index in [0.717, 1.165) is 58.5 Å². The largest absolute Gasteiger partial charge is 0.493 e. The molecule has 3 heterocycles. The van der Waals surface area contributed by atoms with Gasteiger partial charge in [0.2, 0.25) is 5.88 Å². The summed E-state index contributed by atoms with van der Waals surface area (Å²) >= 11 is 1.46. The lowest BCUT2D eigenvalue weighted by atomic mass is 10.1. The molecule has 5 rings (SSSR count). The summed E-state index contributed by atoms with van der Waals surface area (Å²) in [6.45, 7) is 3.36. The van der Waals surface area contributed by atoms with E-state index in [1.54, 1.807) is 4.57 Å². The number of nitrogens with zero attached hydrogens (tertiary/aromatic N) is 4. The van der Waals surface area contributed by atoms with Crippen LogP contribution in [-0.2, 0) is 11.8 Å². The first kappa shape index (κ1) is 18.8. The van der Waals surface area contributed by atoms with Gasteiger partial charge in [-0.15, -0.1) is 0 Å². The van der Waals surface area contributed by atoms with E-state index >= 15 is 0 Å². The standard InChI is InChI=1S/C23H22N4O2S/c1-26-22(28)21(14-16-15-24-20-5-3-2-4-19(16)20)30-23(26)25-17-6-8-18(9-7-17)27-10-12-29-13-11-27/h2-9,14-15,28H,10-13H2,1H3. The summed E-state index contributed by atoms with van der Waals surface area (Å²) in [5.74, 6) is 0.203. The highest BCUT2D eigenvalue weighted by Gasteiger charge is 2.15. The van der Waals surface area contributed by atoms with Crippen molar-refractivity contribution in [2.75, 3.05) is 31.2 Å². The van der Waals surface area contributed by atoms with Crippen LogP contribution in [0.15, 0.2) is 58.5 Å². The van der Waals surface area contributed by atoms with E-state index in [2.05, 4.69) is 22.0 Å². The van der Waals surface area contributed by atoms with E-state index in [1.807, 2.05) is 55.7 Å². The van der Waals surface area contributed by atoms with Crippen LogP contribution in [0.3, 0.4) is 0 Å². The molecular formula is C23H22N4O2S. The van der Waals surface area contributed by atoms with Crippen molar-refractivity contribution in [3.05, 3.63) is 63.8 Å². The highest BCUT2D eigenvalue weighted by Crippen LogP contribution is 2.34. The lowest BCUT2D eigenvalue weighted by molar-refractivity contribution is 0.122. The summed E-state index contributed by atoms with van der Waals surface area (Å²) in [4.78, 5) is 13.0. The number of ether oxygens (including phenoxy) is 1. The van der Waals surface area contributed by atoms with Crippen molar-refractivity contribution < 1.29 is 9.84 Å². The smallest absolute Gasteiger partial charge is 0.210 e. The van der Waals surface area contributed by atoms with Gasteiger partial charge in [0.05, 0.1) is 29.5 Å². The Morgan fingerprint density at radius 3 is 2.67 bits per heavy atom. The Bertz CT molecular complexity index is 1200. The number of hydrogen-bond acceptors (Lipinski definition) is 6. The number of rotatable bonds is 3. The van der Waals surface area contributed by atoms with Crippen LogP contribution in [0.1, 0.15) is 10.4 Å². The maximum Gasteiger partial charge on any atom is 0.210 e. The topological polar surface area (TPSA) is 62.3 Å². The second kappa shape index (κ2) is 7.93. The van der Waals surface area contributed by atoms with Crippen molar-refractivity contribution in [3.8, 4) is 5.88 Å². The van der Waals surface area contributed by atoms with E-state index in [4.69, 9.17) is 9.73 Å². The average molecular weight is 419 g/mol. The van der Waals surface area contributed by atoms with Crippen molar-refractivity contribution in [2.24, 2.45) is 17.0 Å². The van der Waals surface area contributed by atoms with Crippen LogP contribution < -0.4 is 9.70 Å². The number of allylic oxidation sites excluding steroid dienone is 1. The summed E-state index contributed by atoms with van der Waals surface area (Å²) < 4.78 is 7.13. The Balaban J connectivity index is 1.44. The van der Waals surface area contributed by atoms with Gasteiger partial charge in [-0.3, -0.25) is 9.56 Å². The van der Waals surface area contributed by atoms with Crippen molar-refractivity contribution in [2.45, 2.75) is 0 Å². The zero-order valence-corrected chi connectivity index (χ0v) is 17.5. The molecule has 1 fully saturated rings. The fourth-order valence-electron chi connectivity index (χ4n) is 3.63. The summed E-state index contributed by atoms with van der Waals surface area (Å²) in [5, 5.41) is 10.6. The van der Waals surface area contributed by atoms with Gasteiger partial charge in [0.15, 0.2) is 4.80 Å². The number of anilines is 1. The quantitative estimate of drug-likeness (QED) is 0.696. The van der Waals surface area contributed by atoms with Crippen LogP contribution in [0.4, 0.5) is 17.1 Å². The molecule has 3 aromatic rings. The molecule has 1 saturated heterocycles. The number of aliphatic imine (C=N–C) groups is 1. The Morgan fingerprint density at radius 1 is 1.10 bits per heavy atom. The lowest BCUT2D eigenvalue weighted by Crippen LogP contribution is -2.36. The molecule has 6 nitrogen and oxygen atoms in total. The predicted molar refractivity (Wildman–Crippen MR) is 122 cm³/mol. The van der Waals surface area contributed by atoms with Crippen LogP contribution in [0, 0.1) is 0 Å². The molecule has 0 unspecified atom stereocenters. The molecule has 2 aliphatic heterocycles. The zero-order chi connectivity index (χ0) is 20.5. The molecule has 0 amide bonds. The van der Waals surface area contributed by atoms with E-state index in [-0.39, 0.29) is 5.88 Å². The van der Waals surface area contributed by atoms with Crippen LogP contribution in [0.5, 0.6) is 5.88 Å². The van der Waals surface area contributed by atoms with Crippen molar-refractivity contribution in [1.29, 1.82) is 0 Å². The summed E-state index contributed by atoms with van der Waals surface area (Å²) in [7, 11) is 1.82. The van der Waals surface area contributed by atoms with Crippen LogP contribution in [0.25, 0.3) is 11.6 Å². The van der Waals surface area contributed by atoms with Gasteiger partial charge in [-0.05, 0) is 36.4 Å². The monoisotopic (exact) mass is 418 g/mol. The second-order valence-electron chi connectivity index (χ2n) is 7.23. The average Bonchev–Trinajstić information content (AvgIpc) is 3.32. The number of fused-ring (bicyclic) bond motifs is 1. The highest BCUT2D eigenvalue weighted by molar-refractivity contribution is 7.10.